The summed E-state index contributed by atoms with van der Waals surface area (Å²) >= 11 is 0. The molecule has 14 heteroatoms. The Morgan fingerprint density at radius 2 is 1.90 bits per heavy atom. The Morgan fingerprint density at radius 1 is 1.17 bits per heavy atom. The summed E-state index contributed by atoms with van der Waals surface area (Å²) in [7, 11) is 5.48. The van der Waals surface area contributed by atoms with Crippen LogP contribution in [0.5, 0.6) is 5.75 Å². The van der Waals surface area contributed by atoms with E-state index in [2.05, 4.69) is 32.2 Å². The van der Waals surface area contributed by atoms with Crippen LogP contribution >= 0.6 is 0 Å². The molecule has 1 fully saturated rings. The maximum atomic E-state index is 13.5. The Morgan fingerprint density at radius 3 is 2.55 bits per heavy atom. The van der Waals surface area contributed by atoms with Crippen molar-refractivity contribution in [3.8, 4) is 17.1 Å². The highest BCUT2D eigenvalue weighted by atomic mass is 19.4. The number of fused-ring (bicyclic) bond motifs is 1. The maximum Gasteiger partial charge on any atom is 0.490 e. The molecule has 1 amide bonds. The van der Waals surface area contributed by atoms with Crippen LogP contribution in [-0.2, 0) is 4.79 Å². The number of aliphatic carboxylic acids is 1. The Bertz CT molecular complexity index is 1590. The number of rotatable bonds is 6. The van der Waals surface area contributed by atoms with Gasteiger partial charge < -0.3 is 29.9 Å². The fraction of sp³-hybridized carbons (Fsp3) is 0.286. The van der Waals surface area contributed by atoms with Crippen LogP contribution in [0.25, 0.3) is 22.3 Å². The van der Waals surface area contributed by atoms with Crippen molar-refractivity contribution in [2.75, 3.05) is 39.6 Å². The molecule has 5 rings (SSSR count). The lowest BCUT2D eigenvalue weighted by Crippen LogP contribution is -2.38. The molecule has 0 saturated carbocycles. The number of amides is 1. The van der Waals surface area contributed by atoms with Crippen molar-refractivity contribution in [3.63, 3.8) is 0 Å². The topological polar surface area (TPSA) is 124 Å². The highest BCUT2D eigenvalue weighted by Gasteiger charge is 2.38. The van der Waals surface area contributed by atoms with Crippen LogP contribution in [0.15, 0.2) is 54.9 Å². The zero-order valence-electron chi connectivity index (χ0n) is 22.9. The van der Waals surface area contributed by atoms with Gasteiger partial charge >= 0.3 is 12.1 Å². The van der Waals surface area contributed by atoms with Crippen LogP contribution in [-0.4, -0.2) is 88.2 Å². The van der Waals surface area contributed by atoms with Gasteiger partial charge in [-0.2, -0.15) is 13.2 Å². The molecule has 3 N–H and O–H groups in total. The standard InChI is InChI=1S/C26H27FN6O2.C2HF3O2/c1-32-9-8-19(15-32)33(2)26(34)17-5-7-20(24(11-17)35-3)30-25-14-28-13-23(31-25)22-10-16-4-6-18(27)12-21(16)29-22;3-2(4,5)1(6)7/h4-7,10-14,19,29H,8-9,15H2,1-3H3,(H,30,31);(H,6,7). The van der Waals surface area contributed by atoms with Gasteiger partial charge in [-0.1, -0.05) is 0 Å². The molecule has 0 aliphatic carbocycles. The Labute approximate surface area is 237 Å². The number of carbonyl (C=O) groups excluding carboxylic acids is 1. The van der Waals surface area contributed by atoms with E-state index in [9.17, 15) is 22.4 Å². The van der Waals surface area contributed by atoms with Crippen LogP contribution in [0, 0.1) is 5.82 Å². The molecule has 2 aromatic carbocycles. The molecule has 10 nitrogen and oxygen atoms in total. The molecule has 222 valence electrons. The van der Waals surface area contributed by atoms with E-state index < -0.39 is 12.1 Å². The van der Waals surface area contributed by atoms with Gasteiger partial charge in [0.05, 0.1) is 30.9 Å². The molecular formula is C28H28F4N6O4. The van der Waals surface area contributed by atoms with Crippen molar-refractivity contribution in [1.82, 2.24) is 24.8 Å². The summed E-state index contributed by atoms with van der Waals surface area (Å²) in [4.78, 5) is 38.1. The molecule has 1 atom stereocenters. The number of aromatic amines is 1. The lowest BCUT2D eigenvalue weighted by atomic mass is 10.1. The number of nitrogens with zero attached hydrogens (tertiary/aromatic N) is 4. The van der Waals surface area contributed by atoms with Gasteiger partial charge in [-0.05, 0) is 62.5 Å². The smallest absolute Gasteiger partial charge is 0.490 e. The largest absolute Gasteiger partial charge is 0.495 e. The molecule has 1 aliphatic rings. The number of hydrogen-bond acceptors (Lipinski definition) is 7. The van der Waals surface area contributed by atoms with Crippen molar-refractivity contribution >= 4 is 34.3 Å². The number of nitrogens with one attached hydrogen (secondary N) is 2. The van der Waals surface area contributed by atoms with Gasteiger partial charge in [0.2, 0.25) is 0 Å². The van der Waals surface area contributed by atoms with Crippen LogP contribution in [0.3, 0.4) is 0 Å². The van der Waals surface area contributed by atoms with Crippen LogP contribution < -0.4 is 10.1 Å². The number of aromatic nitrogens is 3. The van der Waals surface area contributed by atoms with Gasteiger partial charge in [0.1, 0.15) is 23.1 Å². The number of benzene rings is 2. The van der Waals surface area contributed by atoms with Crippen molar-refractivity contribution in [1.29, 1.82) is 0 Å². The van der Waals surface area contributed by atoms with Crippen molar-refractivity contribution in [3.05, 3.63) is 66.2 Å². The minimum Gasteiger partial charge on any atom is -0.495 e. The average molecular weight is 589 g/mol. The number of carboxylic acid groups (broad SMARTS) is 1. The summed E-state index contributed by atoms with van der Waals surface area (Å²) in [5.74, 6) is -2.06. The summed E-state index contributed by atoms with van der Waals surface area (Å²) in [5, 5.41) is 11.2. The third-order valence-corrected chi connectivity index (χ3v) is 6.68. The van der Waals surface area contributed by atoms with E-state index in [0.717, 1.165) is 30.6 Å². The minimum atomic E-state index is -5.08. The summed E-state index contributed by atoms with van der Waals surface area (Å²) in [6.07, 6.45) is -0.869. The first-order chi connectivity index (χ1) is 19.8. The van der Waals surface area contributed by atoms with Crippen LogP contribution in [0.2, 0.25) is 0 Å². The zero-order chi connectivity index (χ0) is 30.6. The van der Waals surface area contributed by atoms with Gasteiger partial charge in [0, 0.05) is 36.1 Å². The number of anilines is 2. The first-order valence-corrected chi connectivity index (χ1v) is 12.7. The predicted molar refractivity (Wildman–Crippen MR) is 147 cm³/mol. The number of likely N-dealkylation sites (N-methyl/N-ethyl adjacent to an activating group) is 2. The zero-order valence-corrected chi connectivity index (χ0v) is 22.9. The lowest BCUT2D eigenvalue weighted by Gasteiger charge is -2.25. The molecule has 0 radical (unpaired) electrons. The molecule has 0 spiro atoms. The lowest BCUT2D eigenvalue weighted by molar-refractivity contribution is -0.192. The molecule has 1 saturated heterocycles. The number of methoxy groups -OCH3 is 1. The van der Waals surface area contributed by atoms with Crippen LogP contribution in [0.4, 0.5) is 29.1 Å². The van der Waals surface area contributed by atoms with Crippen LogP contribution in [0.1, 0.15) is 16.8 Å². The SMILES string of the molecule is COc1cc(C(=O)N(C)C2CCN(C)C2)ccc1Nc1cncc(-c2cc3ccc(F)cc3[nH]2)n1.O=C(O)C(F)(F)F. The summed E-state index contributed by atoms with van der Waals surface area (Å²) < 4.78 is 50.8. The first-order valence-electron chi connectivity index (χ1n) is 12.7. The molecule has 4 aromatic rings. The predicted octanol–water partition coefficient (Wildman–Crippen LogP) is 4.93. The first kappa shape index (κ1) is 30.2. The molecular weight excluding hydrogens is 560 g/mol. The van der Waals surface area contributed by atoms with Gasteiger partial charge in [-0.25, -0.2) is 14.2 Å². The number of carbonyl (C=O) groups is 2. The second-order valence-electron chi connectivity index (χ2n) is 9.67. The molecule has 42 heavy (non-hydrogen) atoms. The fourth-order valence-corrected chi connectivity index (χ4v) is 4.46. The van der Waals surface area contributed by atoms with Crippen molar-refractivity contribution in [2.24, 2.45) is 0 Å². The van der Waals surface area contributed by atoms with E-state index in [0.29, 0.717) is 34.0 Å². The van der Waals surface area contributed by atoms with E-state index >= 15 is 0 Å². The monoisotopic (exact) mass is 588 g/mol. The normalized spacial score (nSPS) is 15.2. The molecule has 1 aliphatic heterocycles. The van der Waals surface area contributed by atoms with E-state index in [4.69, 9.17) is 14.6 Å². The van der Waals surface area contributed by atoms with Crippen molar-refractivity contribution in [2.45, 2.75) is 18.6 Å². The molecule has 0 bridgehead atoms. The summed E-state index contributed by atoms with van der Waals surface area (Å²) in [6.45, 7) is 1.86. The Hall–Kier alpha value is -4.72. The van der Waals surface area contributed by atoms with E-state index in [1.54, 1.807) is 43.8 Å². The number of hydrogen-bond donors (Lipinski definition) is 3. The molecule has 3 heterocycles. The number of ether oxygens (including phenoxy) is 1. The third kappa shape index (κ3) is 7.13. The quantitative estimate of drug-likeness (QED) is 0.271. The maximum absolute atomic E-state index is 13.5. The van der Waals surface area contributed by atoms with Gasteiger partial charge in [-0.3, -0.25) is 9.78 Å². The number of halogens is 4. The number of carboxylic acids is 1. The fourth-order valence-electron chi connectivity index (χ4n) is 4.46. The summed E-state index contributed by atoms with van der Waals surface area (Å²) in [6, 6.07) is 12.0. The minimum absolute atomic E-state index is 0.0350. The highest BCUT2D eigenvalue weighted by molar-refractivity contribution is 5.95. The van der Waals surface area contributed by atoms with Gasteiger partial charge in [0.25, 0.3) is 5.91 Å². The molecule has 2 aromatic heterocycles. The third-order valence-electron chi connectivity index (χ3n) is 6.68. The van der Waals surface area contributed by atoms with E-state index in [-0.39, 0.29) is 17.8 Å². The van der Waals surface area contributed by atoms with Gasteiger partial charge in [-0.15, -0.1) is 0 Å². The van der Waals surface area contributed by atoms with Crippen molar-refractivity contribution < 1.29 is 37.0 Å². The average Bonchev–Trinajstić information content (AvgIpc) is 3.58. The van der Waals surface area contributed by atoms with E-state index in [1.165, 1.54) is 12.1 Å². The second kappa shape index (κ2) is 12.4. The number of alkyl halides is 3. The molecule has 1 unspecified atom stereocenters. The highest BCUT2D eigenvalue weighted by Crippen LogP contribution is 2.30. The number of H-pyrrole nitrogens is 1. The Balaban J connectivity index is 0.000000517. The van der Waals surface area contributed by atoms with Gasteiger partial charge in [0.15, 0.2) is 0 Å². The second-order valence-corrected chi connectivity index (χ2v) is 9.67. The van der Waals surface area contributed by atoms with E-state index in [1.807, 2.05) is 18.0 Å². The summed E-state index contributed by atoms with van der Waals surface area (Å²) in [5.41, 5.74) is 3.26. The Kier molecular flexibility index (Phi) is 8.95. The number of likely N-dealkylation sites (tertiary alicyclic amines) is 1.